The maximum atomic E-state index is 14.2. The highest BCUT2D eigenvalue weighted by molar-refractivity contribution is 7.90. The quantitative estimate of drug-likeness (QED) is 0.496. The van der Waals surface area contributed by atoms with E-state index in [1.807, 2.05) is 18.6 Å². The lowest BCUT2D eigenvalue weighted by Gasteiger charge is -2.13. The van der Waals surface area contributed by atoms with E-state index in [2.05, 4.69) is 9.97 Å². The third-order valence-electron chi connectivity index (χ3n) is 4.08. The van der Waals surface area contributed by atoms with E-state index < -0.39 is 26.8 Å². The van der Waals surface area contributed by atoms with Gasteiger partial charge in [0.1, 0.15) is 22.5 Å². The Hall–Kier alpha value is -3.24. The minimum absolute atomic E-state index is 0.0142. The molecule has 0 aliphatic rings. The van der Waals surface area contributed by atoms with E-state index in [-0.39, 0.29) is 39.5 Å². The first kappa shape index (κ1) is 23.4. The largest absolute Gasteiger partial charge is 0.493 e. The summed E-state index contributed by atoms with van der Waals surface area (Å²) in [6, 6.07) is 10.4. The monoisotopic (exact) mass is 478 g/mol. The Balaban J connectivity index is 1.99. The Bertz CT molecular complexity index is 1270. The maximum absolute atomic E-state index is 14.2. The second-order valence-electron chi connectivity index (χ2n) is 7.25. The summed E-state index contributed by atoms with van der Waals surface area (Å²) in [5.74, 6) is -1.20. The number of ether oxygens (including phenoxy) is 1. The molecule has 11 heteroatoms. The van der Waals surface area contributed by atoms with Crippen LogP contribution < -0.4 is 15.2 Å². The van der Waals surface area contributed by atoms with Crippen molar-refractivity contribution >= 4 is 33.3 Å². The van der Waals surface area contributed by atoms with Gasteiger partial charge in [0.05, 0.1) is 17.9 Å². The average Bonchev–Trinajstić information content (AvgIpc) is 2.71. The van der Waals surface area contributed by atoms with Crippen molar-refractivity contribution < 1.29 is 22.3 Å². The fraction of sp³-hybridized carbons (Fsp3) is 0.190. The topological polar surface area (TPSA) is 124 Å². The third-order valence-corrected chi connectivity index (χ3v) is 5.52. The SMILES string of the molecule is CC(C)COc1cc(F)cc(-c2nc(Cl)ccc2C(=O)NS(=O)(=O)c2cccc(N)n2)c1. The molecular weight excluding hydrogens is 459 g/mol. The van der Waals surface area contributed by atoms with Gasteiger partial charge in [-0.25, -0.2) is 19.1 Å². The van der Waals surface area contributed by atoms with Crippen LogP contribution in [0, 0.1) is 11.7 Å². The van der Waals surface area contributed by atoms with E-state index >= 15 is 0 Å². The molecule has 0 radical (unpaired) electrons. The molecule has 1 aromatic carbocycles. The number of halogens is 2. The standard InChI is InChI=1S/C21H20ClFN4O4S/c1-12(2)11-31-15-9-13(8-14(23)10-15)20-16(6-7-17(22)25-20)21(28)27-32(29,30)19-5-3-4-18(24)26-19/h3-10,12H,11H2,1-2H3,(H2,24,26)(H,27,28). The van der Waals surface area contributed by atoms with E-state index in [4.69, 9.17) is 22.1 Å². The molecule has 0 aliphatic heterocycles. The van der Waals surface area contributed by atoms with Crippen LogP contribution in [0.4, 0.5) is 10.2 Å². The fourth-order valence-corrected chi connectivity index (χ4v) is 3.78. The van der Waals surface area contributed by atoms with Crippen molar-refractivity contribution in [2.45, 2.75) is 18.9 Å². The molecule has 1 amide bonds. The summed E-state index contributed by atoms with van der Waals surface area (Å²) in [6.07, 6.45) is 0. The van der Waals surface area contributed by atoms with Gasteiger partial charge in [-0.05, 0) is 42.3 Å². The van der Waals surface area contributed by atoms with Crippen LogP contribution in [0.1, 0.15) is 24.2 Å². The Kier molecular flexibility index (Phi) is 6.95. The van der Waals surface area contributed by atoms with Gasteiger partial charge in [0.2, 0.25) is 0 Å². The third kappa shape index (κ3) is 5.71. The normalized spacial score (nSPS) is 11.4. The number of hydrogen-bond donors (Lipinski definition) is 2. The van der Waals surface area contributed by atoms with Crippen LogP contribution in [0.5, 0.6) is 5.75 Å². The van der Waals surface area contributed by atoms with Gasteiger partial charge in [0, 0.05) is 11.6 Å². The van der Waals surface area contributed by atoms with Crippen molar-refractivity contribution in [1.82, 2.24) is 14.7 Å². The van der Waals surface area contributed by atoms with E-state index in [9.17, 15) is 17.6 Å². The number of carbonyl (C=O) groups is 1. The molecule has 32 heavy (non-hydrogen) atoms. The van der Waals surface area contributed by atoms with Crippen LogP contribution in [-0.2, 0) is 10.0 Å². The van der Waals surface area contributed by atoms with Crippen molar-refractivity contribution in [3.05, 3.63) is 65.1 Å². The zero-order chi connectivity index (χ0) is 23.5. The summed E-state index contributed by atoms with van der Waals surface area (Å²) in [5, 5.41) is -0.393. The second kappa shape index (κ2) is 9.49. The van der Waals surface area contributed by atoms with Gasteiger partial charge in [-0.2, -0.15) is 8.42 Å². The van der Waals surface area contributed by atoms with E-state index in [1.54, 1.807) is 0 Å². The molecule has 0 unspecified atom stereocenters. The molecule has 3 rings (SSSR count). The van der Waals surface area contributed by atoms with Crippen molar-refractivity contribution in [1.29, 1.82) is 0 Å². The number of aromatic nitrogens is 2. The molecule has 0 spiro atoms. The summed E-state index contributed by atoms with van der Waals surface area (Å²) >= 11 is 5.99. The number of carbonyl (C=O) groups excluding carboxylic acids is 1. The molecule has 0 fully saturated rings. The van der Waals surface area contributed by atoms with E-state index in [1.165, 1.54) is 42.5 Å². The molecule has 8 nitrogen and oxygen atoms in total. The number of anilines is 1. The molecule has 3 aromatic rings. The zero-order valence-electron chi connectivity index (χ0n) is 17.2. The number of nitrogens with zero attached hydrogens (tertiary/aromatic N) is 2. The van der Waals surface area contributed by atoms with Crippen LogP contribution in [0.2, 0.25) is 5.15 Å². The highest BCUT2D eigenvalue weighted by Crippen LogP contribution is 2.29. The highest BCUT2D eigenvalue weighted by atomic mass is 35.5. The maximum Gasteiger partial charge on any atom is 0.281 e. The van der Waals surface area contributed by atoms with Gasteiger partial charge < -0.3 is 10.5 Å². The minimum atomic E-state index is -4.32. The summed E-state index contributed by atoms with van der Waals surface area (Å²) in [7, 11) is -4.32. The first-order valence-corrected chi connectivity index (χ1v) is 11.3. The predicted molar refractivity (Wildman–Crippen MR) is 118 cm³/mol. The molecular formula is C21H20ClFN4O4S. The Morgan fingerprint density at radius 3 is 2.62 bits per heavy atom. The molecule has 168 valence electrons. The lowest BCUT2D eigenvalue weighted by molar-refractivity contribution is 0.0981. The number of nitrogens with one attached hydrogen (secondary N) is 1. The van der Waals surface area contributed by atoms with Crippen LogP contribution in [-0.4, -0.2) is 30.9 Å². The highest BCUT2D eigenvalue weighted by Gasteiger charge is 2.24. The molecule has 0 bridgehead atoms. The van der Waals surface area contributed by atoms with Crippen molar-refractivity contribution in [2.75, 3.05) is 12.3 Å². The number of nitrogens with two attached hydrogens (primary N) is 1. The van der Waals surface area contributed by atoms with Crippen LogP contribution in [0.25, 0.3) is 11.3 Å². The number of sulfonamides is 1. The van der Waals surface area contributed by atoms with Crippen LogP contribution in [0.15, 0.2) is 53.6 Å². The van der Waals surface area contributed by atoms with Gasteiger partial charge in [0.15, 0.2) is 5.03 Å². The Morgan fingerprint density at radius 1 is 1.19 bits per heavy atom. The predicted octanol–water partition coefficient (Wildman–Crippen LogP) is 3.67. The Labute approximate surface area is 189 Å². The number of rotatable bonds is 7. The molecule has 0 saturated carbocycles. The number of nitrogen functional groups attached to an aromatic ring is 1. The minimum Gasteiger partial charge on any atom is -0.493 e. The van der Waals surface area contributed by atoms with Gasteiger partial charge in [0.25, 0.3) is 15.9 Å². The average molecular weight is 479 g/mol. The summed E-state index contributed by atoms with van der Waals surface area (Å²) in [4.78, 5) is 20.7. The molecule has 0 aliphatic carbocycles. The van der Waals surface area contributed by atoms with Gasteiger partial charge in [-0.15, -0.1) is 0 Å². The Morgan fingerprint density at radius 2 is 1.94 bits per heavy atom. The fourth-order valence-electron chi connectivity index (χ4n) is 2.69. The van der Waals surface area contributed by atoms with Crippen molar-refractivity contribution in [3.63, 3.8) is 0 Å². The molecule has 0 atom stereocenters. The number of hydrogen-bond acceptors (Lipinski definition) is 7. The van der Waals surface area contributed by atoms with Crippen LogP contribution >= 0.6 is 11.6 Å². The first-order chi connectivity index (χ1) is 15.0. The van der Waals surface area contributed by atoms with Gasteiger partial charge in [-0.3, -0.25) is 4.79 Å². The molecule has 0 saturated heterocycles. The van der Waals surface area contributed by atoms with E-state index in [0.717, 1.165) is 6.07 Å². The second-order valence-corrected chi connectivity index (χ2v) is 9.26. The first-order valence-electron chi connectivity index (χ1n) is 9.45. The summed E-state index contributed by atoms with van der Waals surface area (Å²) < 4.78 is 46.9. The number of benzene rings is 1. The molecule has 2 heterocycles. The van der Waals surface area contributed by atoms with Crippen LogP contribution in [0.3, 0.4) is 0 Å². The smallest absolute Gasteiger partial charge is 0.281 e. The molecule has 2 aromatic heterocycles. The van der Waals surface area contributed by atoms with Gasteiger partial charge in [-0.1, -0.05) is 31.5 Å². The molecule has 3 N–H and O–H groups in total. The lowest BCUT2D eigenvalue weighted by atomic mass is 10.0. The zero-order valence-corrected chi connectivity index (χ0v) is 18.7. The van der Waals surface area contributed by atoms with Crippen molar-refractivity contribution in [2.24, 2.45) is 5.92 Å². The van der Waals surface area contributed by atoms with Crippen molar-refractivity contribution in [3.8, 4) is 17.0 Å². The van der Waals surface area contributed by atoms with E-state index in [0.29, 0.717) is 6.61 Å². The summed E-state index contributed by atoms with van der Waals surface area (Å²) in [6.45, 7) is 4.23. The lowest BCUT2D eigenvalue weighted by Crippen LogP contribution is -2.31. The summed E-state index contributed by atoms with van der Waals surface area (Å²) in [5.41, 5.74) is 5.56. The van der Waals surface area contributed by atoms with Gasteiger partial charge >= 0.3 is 0 Å². The number of amides is 1. The number of pyridine rings is 2.